The molecule has 32 heavy (non-hydrogen) atoms. The van der Waals surface area contributed by atoms with E-state index in [1.807, 2.05) is 13.8 Å². The van der Waals surface area contributed by atoms with Gasteiger partial charge in [-0.2, -0.15) is 0 Å². The Labute approximate surface area is 182 Å². The molecule has 0 aromatic carbocycles. The van der Waals surface area contributed by atoms with Crippen molar-refractivity contribution in [1.29, 1.82) is 0 Å². The summed E-state index contributed by atoms with van der Waals surface area (Å²) in [5.74, 6) is -0.947. The largest absolute Gasteiger partial charge is 0.352 e. The third-order valence-corrected chi connectivity index (χ3v) is 4.77. The number of hydrogen-bond donors (Lipinski definition) is 4. The van der Waals surface area contributed by atoms with Gasteiger partial charge < -0.3 is 10.6 Å². The lowest BCUT2D eigenvalue weighted by Gasteiger charge is -2.20. The van der Waals surface area contributed by atoms with Gasteiger partial charge in [0.05, 0.1) is 0 Å². The maximum Gasteiger partial charge on any atom is 0.265 e. The van der Waals surface area contributed by atoms with Crippen molar-refractivity contribution in [3.8, 4) is 0 Å². The van der Waals surface area contributed by atoms with E-state index in [0.717, 1.165) is 33.6 Å². The van der Waals surface area contributed by atoms with Crippen molar-refractivity contribution in [2.24, 2.45) is 0 Å². The van der Waals surface area contributed by atoms with Gasteiger partial charge in [-0.15, -0.1) is 0 Å². The van der Waals surface area contributed by atoms with E-state index in [4.69, 9.17) is 0 Å². The molecule has 0 spiro atoms. The Morgan fingerprint density at radius 3 is 1.47 bits per heavy atom. The molecule has 0 bridgehead atoms. The average Bonchev–Trinajstić information content (AvgIpc) is 2.76. The van der Waals surface area contributed by atoms with Crippen LogP contribution in [-0.2, 0) is 9.59 Å². The van der Waals surface area contributed by atoms with Crippen LogP contribution in [0.3, 0.4) is 0 Å². The second kappa shape index (κ2) is 11.6. The van der Waals surface area contributed by atoms with E-state index in [2.05, 4.69) is 20.8 Å². The molecule has 4 N–H and O–H groups in total. The number of H-pyrrole nitrogens is 2. The van der Waals surface area contributed by atoms with Crippen LogP contribution in [0.25, 0.3) is 0 Å². The molecule has 0 saturated heterocycles. The molecule has 0 aliphatic rings. The van der Waals surface area contributed by atoms with Crippen molar-refractivity contribution in [3.63, 3.8) is 0 Å². The second-order valence-electron chi connectivity index (χ2n) is 7.23. The van der Waals surface area contributed by atoms with Gasteiger partial charge in [0.15, 0.2) is 0 Å². The van der Waals surface area contributed by atoms with Gasteiger partial charge >= 0.3 is 0 Å². The molecule has 12 nitrogen and oxygen atoms in total. The zero-order valence-corrected chi connectivity index (χ0v) is 18.1. The Balaban J connectivity index is 2.00. The van der Waals surface area contributed by atoms with Gasteiger partial charge in [0.2, 0.25) is 11.8 Å². The summed E-state index contributed by atoms with van der Waals surface area (Å²) in [6.45, 7) is 3.82. The Bertz CT molecular complexity index is 1070. The first-order valence-electron chi connectivity index (χ1n) is 10.5. The fraction of sp³-hybridized carbons (Fsp3) is 0.500. The number of carbonyl (C=O) groups excluding carboxylic acids is 2. The normalized spacial score (nSPS) is 12.7. The van der Waals surface area contributed by atoms with E-state index in [1.165, 1.54) is 0 Å². The number of hydrogen-bond acceptors (Lipinski definition) is 6. The van der Waals surface area contributed by atoms with E-state index >= 15 is 0 Å². The third kappa shape index (κ3) is 6.40. The molecule has 2 aromatic heterocycles. The first kappa shape index (κ1) is 24.6. The van der Waals surface area contributed by atoms with Crippen molar-refractivity contribution in [2.75, 3.05) is 13.1 Å². The summed E-state index contributed by atoms with van der Waals surface area (Å²) >= 11 is 0. The first-order valence-corrected chi connectivity index (χ1v) is 10.5. The lowest BCUT2D eigenvalue weighted by atomic mass is 10.1. The van der Waals surface area contributed by atoms with Gasteiger partial charge in [0, 0.05) is 37.4 Å². The molecule has 0 fully saturated rings. The van der Waals surface area contributed by atoms with Crippen molar-refractivity contribution in [3.05, 3.63) is 65.7 Å². The number of nitrogens with one attached hydrogen (secondary N) is 4. The minimum Gasteiger partial charge on any atom is -0.352 e. The molecule has 0 saturated carbocycles. The number of nitrogens with zero attached hydrogens (tertiary/aromatic N) is 2. The number of rotatable bonds is 11. The van der Waals surface area contributed by atoms with Gasteiger partial charge in [-0.3, -0.25) is 39.0 Å². The van der Waals surface area contributed by atoms with Crippen molar-refractivity contribution in [1.82, 2.24) is 30.2 Å². The van der Waals surface area contributed by atoms with Gasteiger partial charge in [-0.05, 0) is 12.8 Å². The summed E-state index contributed by atoms with van der Waals surface area (Å²) in [4.78, 5) is 72.4. The van der Waals surface area contributed by atoms with Gasteiger partial charge in [0.25, 0.3) is 22.2 Å². The lowest BCUT2D eigenvalue weighted by molar-refractivity contribution is -0.126. The average molecular weight is 448 g/mol. The van der Waals surface area contributed by atoms with E-state index in [9.17, 15) is 28.8 Å². The molecule has 0 aliphatic heterocycles. The Kier molecular flexibility index (Phi) is 8.93. The molecule has 2 atom stereocenters. The Hall–Kier alpha value is -3.70. The minimum absolute atomic E-state index is 0.0651. The Morgan fingerprint density at radius 1 is 0.750 bits per heavy atom. The molecule has 12 heteroatoms. The van der Waals surface area contributed by atoms with Crippen LogP contribution >= 0.6 is 0 Å². The number of aromatic amines is 2. The summed E-state index contributed by atoms with van der Waals surface area (Å²) in [6.07, 6.45) is 1.86. The van der Waals surface area contributed by atoms with Crippen LogP contribution in [0.2, 0.25) is 0 Å². The monoisotopic (exact) mass is 448 g/mol. The molecular formula is C20H28N6O6. The fourth-order valence-electron chi connectivity index (χ4n) is 3.25. The summed E-state index contributed by atoms with van der Waals surface area (Å²) in [7, 11) is 0. The van der Waals surface area contributed by atoms with Crippen molar-refractivity contribution >= 4 is 11.8 Å². The quantitative estimate of drug-likeness (QED) is 0.322. The van der Waals surface area contributed by atoms with E-state index in [-0.39, 0.29) is 13.1 Å². The molecular weight excluding hydrogens is 420 g/mol. The highest BCUT2D eigenvalue weighted by Gasteiger charge is 2.23. The molecule has 2 heterocycles. The zero-order chi connectivity index (χ0) is 23.7. The standard InChI is InChI=1S/C20H28N6O6/c1-3-5-13(25-17(29)9-7-15(27)23-25)19(31)21-11-12-22-20(32)14(6-4-2)26-18(30)10-8-16(28)24-26/h7-10,13-14H,3-6,11-12H2,1-2H3,(H,21,31)(H,22,32)(H,23,27)(H,24,28). The molecule has 0 radical (unpaired) electrons. The number of carbonyl (C=O) groups is 2. The van der Waals surface area contributed by atoms with Crippen molar-refractivity contribution < 1.29 is 9.59 Å². The maximum absolute atomic E-state index is 12.6. The smallest absolute Gasteiger partial charge is 0.265 e. The SMILES string of the molecule is CCCC(C(=O)NCCNC(=O)C(CCC)n1[nH]c(=O)ccc1=O)n1[nH]c(=O)ccc1=O. The van der Waals surface area contributed by atoms with Gasteiger partial charge in [0.1, 0.15) is 12.1 Å². The highest BCUT2D eigenvalue weighted by atomic mass is 16.2. The predicted octanol–water partition coefficient (Wildman–Crippen LogP) is -0.998. The summed E-state index contributed by atoms with van der Waals surface area (Å²) in [6, 6.07) is 2.59. The topological polar surface area (TPSA) is 168 Å². The van der Waals surface area contributed by atoms with Crippen molar-refractivity contribution in [2.45, 2.75) is 51.6 Å². The molecule has 174 valence electrons. The molecule has 2 amide bonds. The first-order chi connectivity index (χ1) is 15.3. The third-order valence-electron chi connectivity index (χ3n) is 4.77. The van der Waals surface area contributed by atoms with Gasteiger partial charge in [-0.1, -0.05) is 26.7 Å². The fourth-order valence-corrected chi connectivity index (χ4v) is 3.25. The lowest BCUT2D eigenvalue weighted by Crippen LogP contribution is -2.44. The van der Waals surface area contributed by atoms with Crippen LogP contribution in [0.4, 0.5) is 0 Å². The molecule has 2 aromatic rings. The molecule has 0 aliphatic carbocycles. The number of amides is 2. The van der Waals surface area contributed by atoms with Crippen LogP contribution in [-0.4, -0.2) is 44.5 Å². The Morgan fingerprint density at radius 2 is 1.12 bits per heavy atom. The van der Waals surface area contributed by atoms with Gasteiger partial charge in [-0.25, -0.2) is 9.36 Å². The van der Waals surface area contributed by atoms with Crippen LogP contribution < -0.4 is 32.9 Å². The van der Waals surface area contributed by atoms with Crippen LogP contribution in [0, 0.1) is 0 Å². The van der Waals surface area contributed by atoms with Crippen LogP contribution in [0.1, 0.15) is 51.6 Å². The van der Waals surface area contributed by atoms with E-state index < -0.39 is 46.1 Å². The van der Waals surface area contributed by atoms with E-state index in [0.29, 0.717) is 25.7 Å². The molecule has 2 unspecified atom stereocenters. The second-order valence-corrected chi connectivity index (χ2v) is 7.23. The summed E-state index contributed by atoms with van der Waals surface area (Å²) in [5.41, 5.74) is -2.00. The summed E-state index contributed by atoms with van der Waals surface area (Å²) in [5, 5.41) is 10.0. The predicted molar refractivity (Wildman–Crippen MR) is 117 cm³/mol. The number of aromatic nitrogens is 4. The van der Waals surface area contributed by atoms with E-state index in [1.54, 1.807) is 0 Å². The van der Waals surface area contributed by atoms with Crippen LogP contribution in [0.15, 0.2) is 43.4 Å². The zero-order valence-electron chi connectivity index (χ0n) is 18.1. The minimum atomic E-state index is -0.891. The highest BCUT2D eigenvalue weighted by molar-refractivity contribution is 5.81. The maximum atomic E-state index is 12.6. The van der Waals surface area contributed by atoms with Crippen LogP contribution in [0.5, 0.6) is 0 Å². The molecule has 2 rings (SSSR count). The highest BCUT2D eigenvalue weighted by Crippen LogP contribution is 2.11. The summed E-state index contributed by atoms with van der Waals surface area (Å²) < 4.78 is 1.99.